The van der Waals surface area contributed by atoms with Crippen molar-refractivity contribution in [3.8, 4) is 0 Å². The highest BCUT2D eigenvalue weighted by Crippen LogP contribution is 2.28. The number of alkyl halides is 3. The summed E-state index contributed by atoms with van der Waals surface area (Å²) in [4.78, 5) is 0. The van der Waals surface area contributed by atoms with E-state index in [0.29, 0.717) is 6.20 Å². The van der Waals surface area contributed by atoms with Gasteiger partial charge in [-0.05, 0) is 6.07 Å². The van der Waals surface area contributed by atoms with Crippen molar-refractivity contribution in [2.24, 2.45) is 0 Å². The summed E-state index contributed by atoms with van der Waals surface area (Å²) in [6, 6.07) is 0.878. The third-order valence-electron chi connectivity index (χ3n) is 1.40. The van der Waals surface area contributed by atoms with E-state index in [9.17, 15) is 13.2 Å². The van der Waals surface area contributed by atoms with Gasteiger partial charge < -0.3 is 5.11 Å². The molecule has 1 heterocycles. The Morgan fingerprint density at radius 2 is 2.08 bits per heavy atom. The zero-order chi connectivity index (χ0) is 9.90. The molecule has 0 saturated heterocycles. The lowest BCUT2D eigenvalue weighted by atomic mass is 10.2. The van der Waals surface area contributed by atoms with Crippen molar-refractivity contribution < 1.29 is 18.3 Å². The first kappa shape index (κ1) is 9.91. The predicted octanol–water partition coefficient (Wildman–Crippen LogP) is 1.03. The standard InChI is InChI=1S/C7H7F3N2O/c8-7(9,10)5-3-6(1-2-13)12-11-4-5/h3-4,13H,1-2H2. The molecule has 1 rings (SSSR count). The SMILES string of the molecule is OCCc1cc(C(F)(F)F)cnn1. The molecule has 0 amide bonds. The first-order valence-corrected chi connectivity index (χ1v) is 3.53. The smallest absolute Gasteiger partial charge is 0.396 e. The number of aromatic nitrogens is 2. The van der Waals surface area contributed by atoms with Gasteiger partial charge in [-0.25, -0.2) is 0 Å². The molecule has 72 valence electrons. The van der Waals surface area contributed by atoms with Crippen LogP contribution in [-0.4, -0.2) is 21.9 Å². The fourth-order valence-corrected chi connectivity index (χ4v) is 0.803. The molecule has 0 aromatic carbocycles. The van der Waals surface area contributed by atoms with Crippen LogP contribution in [0.25, 0.3) is 0 Å². The number of hydrogen-bond acceptors (Lipinski definition) is 3. The zero-order valence-corrected chi connectivity index (χ0v) is 6.54. The highest BCUT2D eigenvalue weighted by molar-refractivity contribution is 5.15. The molecular formula is C7H7F3N2O. The largest absolute Gasteiger partial charge is 0.418 e. The monoisotopic (exact) mass is 192 g/mol. The van der Waals surface area contributed by atoms with Gasteiger partial charge in [0.05, 0.1) is 17.5 Å². The van der Waals surface area contributed by atoms with Crippen molar-refractivity contribution in [1.82, 2.24) is 10.2 Å². The molecule has 0 aliphatic carbocycles. The molecule has 0 radical (unpaired) electrons. The van der Waals surface area contributed by atoms with Crippen molar-refractivity contribution in [3.63, 3.8) is 0 Å². The van der Waals surface area contributed by atoms with E-state index in [4.69, 9.17) is 5.11 Å². The summed E-state index contributed by atoms with van der Waals surface area (Å²) in [5.74, 6) is 0. The maximum absolute atomic E-state index is 12.1. The Hall–Kier alpha value is -1.17. The second kappa shape index (κ2) is 3.69. The highest BCUT2D eigenvalue weighted by Gasteiger charge is 2.31. The lowest BCUT2D eigenvalue weighted by Gasteiger charge is -2.05. The van der Waals surface area contributed by atoms with Gasteiger partial charge in [0.15, 0.2) is 0 Å². The Labute approximate surface area is 72.2 Å². The summed E-state index contributed by atoms with van der Waals surface area (Å²) in [5, 5.41) is 15.1. The Balaban J connectivity index is 2.92. The molecule has 13 heavy (non-hydrogen) atoms. The first-order valence-electron chi connectivity index (χ1n) is 3.53. The first-order chi connectivity index (χ1) is 6.04. The van der Waals surface area contributed by atoms with Crippen LogP contribution in [0, 0.1) is 0 Å². The van der Waals surface area contributed by atoms with Crippen LogP contribution in [0.4, 0.5) is 13.2 Å². The van der Waals surface area contributed by atoms with E-state index in [-0.39, 0.29) is 18.7 Å². The Morgan fingerprint density at radius 3 is 2.62 bits per heavy atom. The van der Waals surface area contributed by atoms with Crippen molar-refractivity contribution in [2.45, 2.75) is 12.6 Å². The van der Waals surface area contributed by atoms with Crippen molar-refractivity contribution in [3.05, 3.63) is 23.5 Å². The Kier molecular flexibility index (Phi) is 2.82. The van der Waals surface area contributed by atoms with E-state index in [1.807, 2.05) is 0 Å². The van der Waals surface area contributed by atoms with E-state index < -0.39 is 11.7 Å². The highest BCUT2D eigenvalue weighted by atomic mass is 19.4. The van der Waals surface area contributed by atoms with Crippen LogP contribution in [0.5, 0.6) is 0 Å². The molecule has 0 aliphatic heterocycles. The molecule has 6 heteroatoms. The van der Waals surface area contributed by atoms with E-state index in [0.717, 1.165) is 6.07 Å². The fraction of sp³-hybridized carbons (Fsp3) is 0.429. The normalized spacial score (nSPS) is 11.7. The summed E-state index contributed by atoms with van der Waals surface area (Å²) >= 11 is 0. The minimum atomic E-state index is -4.40. The number of nitrogens with zero attached hydrogens (tertiary/aromatic N) is 2. The molecule has 1 aromatic heterocycles. The minimum absolute atomic E-state index is 0.0803. The van der Waals surface area contributed by atoms with Crippen LogP contribution in [0.3, 0.4) is 0 Å². The van der Waals surface area contributed by atoms with Gasteiger partial charge in [-0.15, -0.1) is 0 Å². The van der Waals surface area contributed by atoms with Crippen molar-refractivity contribution in [1.29, 1.82) is 0 Å². The second-order valence-corrected chi connectivity index (χ2v) is 2.41. The third-order valence-corrected chi connectivity index (χ3v) is 1.40. The molecular weight excluding hydrogens is 185 g/mol. The topological polar surface area (TPSA) is 46.0 Å². The average Bonchev–Trinajstić information content (AvgIpc) is 2.04. The molecule has 0 unspecified atom stereocenters. The van der Waals surface area contributed by atoms with Gasteiger partial charge in [0.2, 0.25) is 0 Å². The van der Waals surface area contributed by atoms with Gasteiger partial charge in [0.1, 0.15) is 0 Å². The lowest BCUT2D eigenvalue weighted by Crippen LogP contribution is -2.08. The van der Waals surface area contributed by atoms with E-state index in [1.54, 1.807) is 0 Å². The predicted molar refractivity (Wildman–Crippen MR) is 37.8 cm³/mol. The van der Waals surface area contributed by atoms with Crippen LogP contribution in [0.15, 0.2) is 12.3 Å². The minimum Gasteiger partial charge on any atom is -0.396 e. The van der Waals surface area contributed by atoms with Gasteiger partial charge in [-0.2, -0.15) is 23.4 Å². The summed E-state index contributed by atoms with van der Waals surface area (Å²) < 4.78 is 36.2. The number of hydrogen-bond donors (Lipinski definition) is 1. The number of halogens is 3. The maximum Gasteiger partial charge on any atom is 0.418 e. The van der Waals surface area contributed by atoms with E-state index in [1.165, 1.54) is 0 Å². The molecule has 1 N–H and O–H groups in total. The van der Waals surface area contributed by atoms with Crippen LogP contribution in [0.2, 0.25) is 0 Å². The molecule has 0 spiro atoms. The van der Waals surface area contributed by atoms with Gasteiger partial charge in [-0.1, -0.05) is 0 Å². The Bertz CT molecular complexity index is 287. The van der Waals surface area contributed by atoms with Crippen LogP contribution >= 0.6 is 0 Å². The zero-order valence-electron chi connectivity index (χ0n) is 6.54. The van der Waals surface area contributed by atoms with Gasteiger partial charge in [-0.3, -0.25) is 0 Å². The average molecular weight is 192 g/mol. The van der Waals surface area contributed by atoms with Crippen molar-refractivity contribution >= 4 is 0 Å². The molecule has 0 bridgehead atoms. The maximum atomic E-state index is 12.1. The number of aliphatic hydroxyl groups excluding tert-OH is 1. The molecule has 1 aromatic rings. The molecule has 3 nitrogen and oxygen atoms in total. The van der Waals surface area contributed by atoms with Gasteiger partial charge >= 0.3 is 6.18 Å². The summed E-state index contributed by atoms with van der Waals surface area (Å²) in [6.45, 7) is -0.240. The van der Waals surface area contributed by atoms with E-state index >= 15 is 0 Å². The fourth-order valence-electron chi connectivity index (χ4n) is 0.803. The number of aliphatic hydroxyl groups is 1. The summed E-state index contributed by atoms with van der Waals surface area (Å²) in [7, 11) is 0. The molecule has 0 saturated carbocycles. The van der Waals surface area contributed by atoms with Gasteiger partial charge in [0, 0.05) is 13.0 Å². The third kappa shape index (κ3) is 2.66. The molecule has 0 fully saturated rings. The van der Waals surface area contributed by atoms with Crippen molar-refractivity contribution in [2.75, 3.05) is 6.61 Å². The molecule has 0 atom stereocenters. The summed E-state index contributed by atoms with van der Waals surface area (Å²) in [5.41, 5.74) is -0.705. The van der Waals surface area contributed by atoms with Crippen LogP contribution < -0.4 is 0 Å². The van der Waals surface area contributed by atoms with Crippen LogP contribution in [-0.2, 0) is 12.6 Å². The summed E-state index contributed by atoms with van der Waals surface area (Å²) in [6.07, 6.45) is -3.67. The quantitative estimate of drug-likeness (QED) is 0.761. The molecule has 0 aliphatic rings. The van der Waals surface area contributed by atoms with Gasteiger partial charge in [0.25, 0.3) is 0 Å². The second-order valence-electron chi connectivity index (χ2n) is 2.41. The Morgan fingerprint density at radius 1 is 1.38 bits per heavy atom. The van der Waals surface area contributed by atoms with E-state index in [2.05, 4.69) is 10.2 Å². The lowest BCUT2D eigenvalue weighted by molar-refractivity contribution is -0.138. The van der Waals surface area contributed by atoms with Crippen LogP contribution in [0.1, 0.15) is 11.3 Å². The number of rotatable bonds is 2.